The first kappa shape index (κ1) is 25.8. The average Bonchev–Trinajstić information content (AvgIpc) is 3.48. The van der Waals surface area contributed by atoms with E-state index in [-0.39, 0.29) is 0 Å². The van der Waals surface area contributed by atoms with E-state index in [9.17, 15) is 0 Å². The van der Waals surface area contributed by atoms with Crippen molar-refractivity contribution >= 4 is 39.0 Å². The van der Waals surface area contributed by atoms with Gasteiger partial charge >= 0.3 is 0 Å². The summed E-state index contributed by atoms with van der Waals surface area (Å²) >= 11 is 0. The number of benzene rings is 6. The summed E-state index contributed by atoms with van der Waals surface area (Å²) in [6.07, 6.45) is 3.59. The van der Waals surface area contributed by atoms with Crippen LogP contribution in [0, 0.1) is 0 Å². The number of rotatable bonds is 6. The van der Waals surface area contributed by atoms with Gasteiger partial charge in [0.25, 0.3) is 0 Å². The Hall–Kier alpha value is -5.93. The van der Waals surface area contributed by atoms with E-state index in [1.807, 2.05) is 18.3 Å². The van der Waals surface area contributed by atoms with E-state index in [1.165, 1.54) is 22.3 Å². The molecule has 6 aromatic carbocycles. The van der Waals surface area contributed by atoms with Gasteiger partial charge in [0.05, 0.1) is 11.9 Å². The van der Waals surface area contributed by atoms with Crippen molar-refractivity contribution in [1.82, 2.24) is 4.98 Å². The fourth-order valence-electron chi connectivity index (χ4n) is 6.01. The summed E-state index contributed by atoms with van der Waals surface area (Å²) < 4.78 is 6.27. The van der Waals surface area contributed by atoms with Crippen LogP contribution in [-0.2, 0) is 0 Å². The highest BCUT2D eigenvalue weighted by Crippen LogP contribution is 2.43. The first-order valence-electron chi connectivity index (χ1n) is 14.8. The Balaban J connectivity index is 1.27. The molecule has 0 aliphatic heterocycles. The normalized spacial score (nSPS) is 11.2. The van der Waals surface area contributed by atoms with Crippen molar-refractivity contribution in [2.24, 2.45) is 0 Å². The van der Waals surface area contributed by atoms with Crippen LogP contribution < -0.4 is 4.90 Å². The second kappa shape index (κ2) is 11.0. The van der Waals surface area contributed by atoms with Crippen LogP contribution >= 0.6 is 0 Å². The third kappa shape index (κ3) is 4.71. The van der Waals surface area contributed by atoms with Gasteiger partial charge in [0, 0.05) is 40.0 Å². The molecule has 44 heavy (non-hydrogen) atoms. The fraction of sp³-hybridized carbons (Fsp3) is 0. The maximum atomic E-state index is 6.27. The van der Waals surface area contributed by atoms with Crippen LogP contribution in [-0.4, -0.2) is 4.98 Å². The fourth-order valence-corrected chi connectivity index (χ4v) is 6.01. The number of pyridine rings is 1. The molecular formula is C41H28N2O. The lowest BCUT2D eigenvalue weighted by molar-refractivity contribution is 0.667. The molecule has 0 unspecified atom stereocenters. The van der Waals surface area contributed by atoms with Crippen LogP contribution in [0.2, 0.25) is 0 Å². The summed E-state index contributed by atoms with van der Waals surface area (Å²) in [6, 6.07) is 55.7. The van der Waals surface area contributed by atoms with Gasteiger partial charge < -0.3 is 9.32 Å². The molecule has 8 rings (SSSR count). The van der Waals surface area contributed by atoms with E-state index in [1.54, 1.807) is 6.20 Å². The molecule has 0 atom stereocenters. The highest BCUT2D eigenvalue weighted by Gasteiger charge is 2.19. The minimum absolute atomic E-state index is 0.789. The number of hydrogen-bond acceptors (Lipinski definition) is 3. The molecule has 0 aliphatic carbocycles. The second-order valence-electron chi connectivity index (χ2n) is 10.9. The van der Waals surface area contributed by atoms with Crippen LogP contribution in [0.5, 0.6) is 0 Å². The van der Waals surface area contributed by atoms with Crippen molar-refractivity contribution in [1.29, 1.82) is 0 Å². The zero-order valence-corrected chi connectivity index (χ0v) is 24.0. The predicted molar refractivity (Wildman–Crippen MR) is 183 cm³/mol. The van der Waals surface area contributed by atoms with Gasteiger partial charge in [-0.25, -0.2) is 0 Å². The number of fused-ring (bicyclic) bond motifs is 3. The molecule has 208 valence electrons. The molecule has 3 heteroatoms. The van der Waals surface area contributed by atoms with Gasteiger partial charge in [-0.15, -0.1) is 0 Å². The highest BCUT2D eigenvalue weighted by atomic mass is 16.3. The molecule has 0 N–H and O–H groups in total. The van der Waals surface area contributed by atoms with E-state index in [0.717, 1.165) is 50.1 Å². The third-order valence-corrected chi connectivity index (χ3v) is 8.20. The largest absolute Gasteiger partial charge is 0.454 e. The summed E-state index contributed by atoms with van der Waals surface area (Å²) in [5, 5.41) is 2.15. The van der Waals surface area contributed by atoms with E-state index in [0.29, 0.717) is 0 Å². The number of hydrogen-bond donors (Lipinski definition) is 0. The van der Waals surface area contributed by atoms with Gasteiger partial charge in [-0.1, -0.05) is 115 Å². The molecule has 3 nitrogen and oxygen atoms in total. The Morgan fingerprint density at radius 1 is 0.432 bits per heavy atom. The van der Waals surface area contributed by atoms with E-state index in [2.05, 4.69) is 155 Å². The average molecular weight is 565 g/mol. The number of para-hydroxylation sites is 1. The molecule has 0 aliphatic rings. The topological polar surface area (TPSA) is 29.3 Å². The molecule has 0 bridgehead atoms. The SMILES string of the molecule is c1ccc(-c2ccc(-c3ccccc3N(c3ccc(-c4ccccc4)cc3)c3ccc4c(c3)oc3cnccc34)cc2)cc1. The molecule has 2 heterocycles. The molecule has 0 amide bonds. The van der Waals surface area contributed by atoms with Gasteiger partial charge in [-0.2, -0.15) is 0 Å². The number of furan rings is 1. The smallest absolute Gasteiger partial charge is 0.153 e. The van der Waals surface area contributed by atoms with Gasteiger partial charge in [-0.3, -0.25) is 4.98 Å². The summed E-state index contributed by atoms with van der Waals surface area (Å²) in [6.45, 7) is 0. The zero-order chi connectivity index (χ0) is 29.3. The minimum Gasteiger partial charge on any atom is -0.454 e. The summed E-state index contributed by atoms with van der Waals surface area (Å²) in [5.74, 6) is 0. The number of aromatic nitrogens is 1. The summed E-state index contributed by atoms with van der Waals surface area (Å²) in [7, 11) is 0. The lowest BCUT2D eigenvalue weighted by Gasteiger charge is -2.28. The third-order valence-electron chi connectivity index (χ3n) is 8.20. The maximum Gasteiger partial charge on any atom is 0.153 e. The Morgan fingerprint density at radius 3 is 1.68 bits per heavy atom. The van der Waals surface area contributed by atoms with Gasteiger partial charge in [0.15, 0.2) is 5.58 Å². The summed E-state index contributed by atoms with van der Waals surface area (Å²) in [4.78, 5) is 6.58. The standard InChI is InChI=1S/C41H28N2O/c1-3-9-29(10-4-1)31-15-17-33(18-16-31)36-13-7-8-14-39(36)43(34-21-19-32(20-22-34)30-11-5-2-6-12-30)35-23-24-37-38-25-26-42-28-41(38)44-40(37)27-35/h1-28H. The van der Waals surface area contributed by atoms with Gasteiger partial charge in [-0.05, 0) is 64.2 Å². The highest BCUT2D eigenvalue weighted by molar-refractivity contribution is 6.06. The van der Waals surface area contributed by atoms with Gasteiger partial charge in [0.1, 0.15) is 5.58 Å². The monoisotopic (exact) mass is 564 g/mol. The molecular weight excluding hydrogens is 536 g/mol. The molecule has 2 aromatic heterocycles. The first-order chi connectivity index (χ1) is 21.8. The molecule has 0 saturated heterocycles. The molecule has 8 aromatic rings. The zero-order valence-electron chi connectivity index (χ0n) is 24.0. The van der Waals surface area contributed by atoms with Crippen molar-refractivity contribution in [2.45, 2.75) is 0 Å². The number of nitrogens with zero attached hydrogens (tertiary/aromatic N) is 2. The Kier molecular flexibility index (Phi) is 6.47. The van der Waals surface area contributed by atoms with Crippen molar-refractivity contribution in [3.05, 3.63) is 170 Å². The van der Waals surface area contributed by atoms with Crippen LogP contribution in [0.3, 0.4) is 0 Å². The van der Waals surface area contributed by atoms with Crippen LogP contribution in [0.4, 0.5) is 17.1 Å². The lowest BCUT2D eigenvalue weighted by atomic mass is 9.98. The number of anilines is 3. The molecule has 0 radical (unpaired) electrons. The van der Waals surface area contributed by atoms with Crippen molar-refractivity contribution in [3.63, 3.8) is 0 Å². The van der Waals surface area contributed by atoms with E-state index < -0.39 is 0 Å². The first-order valence-corrected chi connectivity index (χ1v) is 14.8. The van der Waals surface area contributed by atoms with E-state index >= 15 is 0 Å². The predicted octanol–water partition coefficient (Wildman–Crippen LogP) is 11.5. The molecule has 0 spiro atoms. The lowest BCUT2D eigenvalue weighted by Crippen LogP contribution is -2.11. The minimum atomic E-state index is 0.789. The van der Waals surface area contributed by atoms with E-state index in [4.69, 9.17) is 4.42 Å². The molecule has 0 saturated carbocycles. The van der Waals surface area contributed by atoms with Crippen molar-refractivity contribution in [2.75, 3.05) is 4.90 Å². The Bertz CT molecular complexity index is 2200. The molecule has 0 fully saturated rings. The van der Waals surface area contributed by atoms with Crippen LogP contribution in [0.1, 0.15) is 0 Å². The Morgan fingerprint density at radius 2 is 0.977 bits per heavy atom. The van der Waals surface area contributed by atoms with Crippen LogP contribution in [0.25, 0.3) is 55.3 Å². The maximum absolute atomic E-state index is 6.27. The Labute approximate surface area is 256 Å². The second-order valence-corrected chi connectivity index (χ2v) is 10.9. The van der Waals surface area contributed by atoms with Crippen molar-refractivity contribution < 1.29 is 4.42 Å². The van der Waals surface area contributed by atoms with Gasteiger partial charge in [0.2, 0.25) is 0 Å². The van der Waals surface area contributed by atoms with Crippen LogP contribution in [0.15, 0.2) is 175 Å². The quantitative estimate of drug-likeness (QED) is 0.201. The summed E-state index contributed by atoms with van der Waals surface area (Å²) in [5.41, 5.74) is 11.9. The van der Waals surface area contributed by atoms with Crippen molar-refractivity contribution in [3.8, 4) is 33.4 Å².